The van der Waals surface area contributed by atoms with Crippen LogP contribution in [0.1, 0.15) is 47.9 Å². The monoisotopic (exact) mass is 746 g/mol. The maximum absolute atomic E-state index is 2.57. The van der Waals surface area contributed by atoms with Crippen molar-refractivity contribution in [1.82, 2.24) is 18.3 Å². The molecule has 4 aromatic heterocycles. The molecule has 0 amide bonds. The van der Waals surface area contributed by atoms with E-state index < -0.39 is 0 Å². The van der Waals surface area contributed by atoms with E-state index in [9.17, 15) is 0 Å². The van der Waals surface area contributed by atoms with Gasteiger partial charge in [0, 0.05) is 44.2 Å². The standard InChI is InChI=1S/C54H42N4/c1-3-15-35(16-4-1)55-47-23-11-7-19-39(47)43-31-33-45-41-21-9-13-25-49(41)57(53(45)51(43)55)37-27-29-38(30-28-37)58-50-26-14-10-22-42(50)46-34-32-44-40-20-8-12-24-48(40)56(52(44)54(46)58)36-17-5-2-6-18-36/h1-6,9-10,13-30H,7-8,11-12,31-34H2. The quantitative estimate of drug-likeness (QED) is 0.171. The molecule has 0 saturated carbocycles. The smallest absolute Gasteiger partial charge is 0.0744 e. The van der Waals surface area contributed by atoms with Gasteiger partial charge in [0.2, 0.25) is 0 Å². The first-order chi connectivity index (χ1) is 28.8. The first kappa shape index (κ1) is 32.3. The molecular formula is C54H42N4. The Kier molecular flexibility index (Phi) is 6.89. The largest absolute Gasteiger partial charge is 0.308 e. The zero-order valence-corrected chi connectivity index (χ0v) is 32.5. The molecular weight excluding hydrogens is 705 g/mol. The highest BCUT2D eigenvalue weighted by molar-refractivity contribution is 5.97. The van der Waals surface area contributed by atoms with Crippen molar-refractivity contribution in [2.24, 2.45) is 0 Å². The lowest BCUT2D eigenvalue weighted by molar-refractivity contribution is 0.908. The molecule has 0 bridgehead atoms. The van der Waals surface area contributed by atoms with Gasteiger partial charge in [0.15, 0.2) is 0 Å². The fourth-order valence-corrected chi connectivity index (χ4v) is 11.2. The third-order valence-electron chi connectivity index (χ3n) is 13.5. The first-order valence-electron chi connectivity index (χ1n) is 21.2. The summed E-state index contributed by atoms with van der Waals surface area (Å²) in [6.07, 6.45) is 18.5. The van der Waals surface area contributed by atoms with E-state index in [1.165, 1.54) is 111 Å². The van der Waals surface area contributed by atoms with E-state index in [0.29, 0.717) is 0 Å². The van der Waals surface area contributed by atoms with Crippen molar-refractivity contribution in [3.63, 3.8) is 0 Å². The zero-order valence-electron chi connectivity index (χ0n) is 32.5. The number of nitrogens with zero attached hydrogens (tertiary/aromatic N) is 4. The predicted octanol–water partition coefficient (Wildman–Crippen LogP) is 9.40. The van der Waals surface area contributed by atoms with Crippen LogP contribution >= 0.6 is 0 Å². The number of hydrogen-bond donors (Lipinski definition) is 0. The Morgan fingerprint density at radius 2 is 0.638 bits per heavy atom. The van der Waals surface area contributed by atoms with Gasteiger partial charge in [0.05, 0.1) is 33.8 Å². The summed E-state index contributed by atoms with van der Waals surface area (Å²) in [4.78, 5) is 0. The topological polar surface area (TPSA) is 19.7 Å². The van der Waals surface area contributed by atoms with Crippen molar-refractivity contribution in [3.05, 3.63) is 177 Å². The highest BCUT2D eigenvalue weighted by Crippen LogP contribution is 2.44. The molecule has 278 valence electrons. The molecule has 5 aromatic carbocycles. The van der Waals surface area contributed by atoms with Crippen molar-refractivity contribution in [3.8, 4) is 45.5 Å². The van der Waals surface area contributed by atoms with Crippen LogP contribution in [-0.2, 0) is 25.7 Å². The summed E-state index contributed by atoms with van der Waals surface area (Å²) < 4.78 is 10.3. The van der Waals surface area contributed by atoms with Crippen LogP contribution in [0.25, 0.3) is 91.6 Å². The van der Waals surface area contributed by atoms with Gasteiger partial charge in [-0.3, -0.25) is 0 Å². The first-order valence-corrected chi connectivity index (χ1v) is 21.2. The van der Waals surface area contributed by atoms with E-state index in [4.69, 9.17) is 0 Å². The molecule has 0 radical (unpaired) electrons. The summed E-state index contributed by atoms with van der Waals surface area (Å²) >= 11 is 0. The van der Waals surface area contributed by atoms with Crippen molar-refractivity contribution in [2.45, 2.75) is 51.4 Å². The minimum Gasteiger partial charge on any atom is -0.308 e. The molecule has 58 heavy (non-hydrogen) atoms. The van der Waals surface area contributed by atoms with Crippen LogP contribution in [0.15, 0.2) is 133 Å². The third kappa shape index (κ3) is 4.40. The fourth-order valence-electron chi connectivity index (χ4n) is 11.2. The van der Waals surface area contributed by atoms with E-state index in [0.717, 1.165) is 51.4 Å². The number of hydrogen-bond acceptors (Lipinski definition) is 0. The summed E-state index contributed by atoms with van der Waals surface area (Å²) in [6.45, 7) is 0. The third-order valence-corrected chi connectivity index (χ3v) is 13.5. The highest BCUT2D eigenvalue weighted by Gasteiger charge is 2.33. The normalized spacial score (nSPS) is 14.9. The second-order valence-corrected chi connectivity index (χ2v) is 16.4. The van der Waals surface area contributed by atoms with Gasteiger partial charge in [-0.15, -0.1) is 0 Å². The van der Waals surface area contributed by atoms with E-state index in [-0.39, 0.29) is 0 Å². The number of para-hydroxylation sites is 4. The Bertz CT molecular complexity index is 3190. The molecule has 9 aromatic rings. The van der Waals surface area contributed by atoms with Gasteiger partial charge >= 0.3 is 0 Å². The van der Waals surface area contributed by atoms with Gasteiger partial charge in [-0.05, 0) is 145 Å². The van der Waals surface area contributed by atoms with Gasteiger partial charge in [0.1, 0.15) is 0 Å². The molecule has 0 spiro atoms. The number of rotatable bonds is 4. The molecule has 0 unspecified atom stereocenters. The molecule has 0 fully saturated rings. The van der Waals surface area contributed by atoms with Crippen molar-refractivity contribution >= 4 is 46.1 Å². The van der Waals surface area contributed by atoms with Crippen LogP contribution in [0.2, 0.25) is 0 Å². The highest BCUT2D eigenvalue weighted by atomic mass is 15.1. The van der Waals surface area contributed by atoms with E-state index in [1.54, 1.807) is 0 Å². The molecule has 4 heteroatoms. The van der Waals surface area contributed by atoms with E-state index in [2.05, 4.69) is 176 Å². The number of fused-ring (bicyclic) bond motifs is 14. The summed E-state index contributed by atoms with van der Waals surface area (Å²) in [5, 5.41) is 8.28. The zero-order chi connectivity index (χ0) is 37.9. The maximum Gasteiger partial charge on any atom is 0.0744 e. The molecule has 0 aliphatic heterocycles. The van der Waals surface area contributed by atoms with E-state index >= 15 is 0 Å². The lowest BCUT2D eigenvalue weighted by Gasteiger charge is -2.22. The SMILES string of the molecule is C1=c2c3c(n(-c4ccccc4)c2=CCC1)-c1c(c2ccccc2n1-c1ccc(-n2c4c(c5ccccc52)CCc2c-4n(-c4ccccc4)c4c2=CCCC=4)cc1)CC3. The maximum atomic E-state index is 2.57. The second kappa shape index (κ2) is 12.4. The van der Waals surface area contributed by atoms with Gasteiger partial charge < -0.3 is 18.3 Å². The Morgan fingerprint density at radius 1 is 0.293 bits per heavy atom. The lowest BCUT2D eigenvalue weighted by Crippen LogP contribution is -2.31. The van der Waals surface area contributed by atoms with Gasteiger partial charge in [-0.1, -0.05) is 97.1 Å². The van der Waals surface area contributed by atoms with Crippen LogP contribution in [0.5, 0.6) is 0 Å². The minimum atomic E-state index is 1.04. The molecule has 13 rings (SSSR count). The molecule has 4 nitrogen and oxygen atoms in total. The fraction of sp³-hybridized carbons (Fsp3) is 0.148. The number of aromatic nitrogens is 4. The number of benzene rings is 5. The van der Waals surface area contributed by atoms with Crippen LogP contribution in [0, 0.1) is 0 Å². The Balaban J connectivity index is 1.06. The Hall–Kier alpha value is -6.78. The van der Waals surface area contributed by atoms with Crippen molar-refractivity contribution < 1.29 is 0 Å². The summed E-state index contributed by atoms with van der Waals surface area (Å²) in [5.74, 6) is 0. The molecule has 4 aliphatic rings. The summed E-state index contributed by atoms with van der Waals surface area (Å²) in [6, 6.07) is 49.7. The number of aryl methyl sites for hydroxylation is 2. The molecule has 0 saturated heterocycles. The molecule has 4 aliphatic carbocycles. The Morgan fingerprint density at radius 3 is 1.09 bits per heavy atom. The second-order valence-electron chi connectivity index (χ2n) is 16.4. The van der Waals surface area contributed by atoms with Crippen molar-refractivity contribution in [1.29, 1.82) is 0 Å². The average Bonchev–Trinajstić information content (AvgIpc) is 4.02. The van der Waals surface area contributed by atoms with Crippen LogP contribution < -0.4 is 21.1 Å². The Labute approximate surface area is 336 Å². The van der Waals surface area contributed by atoms with Crippen LogP contribution in [0.4, 0.5) is 0 Å². The minimum absolute atomic E-state index is 1.04. The average molecular weight is 747 g/mol. The molecule has 4 heterocycles. The lowest BCUT2D eigenvalue weighted by atomic mass is 9.92. The van der Waals surface area contributed by atoms with Gasteiger partial charge in [-0.2, -0.15) is 0 Å². The van der Waals surface area contributed by atoms with Crippen molar-refractivity contribution in [2.75, 3.05) is 0 Å². The van der Waals surface area contributed by atoms with Gasteiger partial charge in [-0.25, -0.2) is 0 Å². The molecule has 0 atom stereocenters. The summed E-state index contributed by atoms with van der Waals surface area (Å²) in [5.41, 5.74) is 18.6. The van der Waals surface area contributed by atoms with E-state index in [1.807, 2.05) is 0 Å². The van der Waals surface area contributed by atoms with Crippen LogP contribution in [-0.4, -0.2) is 18.3 Å². The van der Waals surface area contributed by atoms with Crippen LogP contribution in [0.3, 0.4) is 0 Å². The molecule has 0 N–H and O–H groups in total. The predicted molar refractivity (Wildman–Crippen MR) is 239 cm³/mol. The summed E-state index contributed by atoms with van der Waals surface area (Å²) in [7, 11) is 0. The van der Waals surface area contributed by atoms with Gasteiger partial charge in [0.25, 0.3) is 0 Å².